The van der Waals surface area contributed by atoms with Crippen LogP contribution < -0.4 is 0 Å². The third-order valence-electron chi connectivity index (χ3n) is 4.84. The first-order valence-corrected chi connectivity index (χ1v) is 11.0. The van der Waals surface area contributed by atoms with E-state index in [-0.39, 0.29) is 17.5 Å². The molecular formula is C20H27NO4S2. The molecule has 148 valence electrons. The topological polar surface area (TPSA) is 87.5 Å². The van der Waals surface area contributed by atoms with Crippen molar-refractivity contribution in [2.75, 3.05) is 5.75 Å². The second kappa shape index (κ2) is 10.2. The number of hydrogen-bond donors (Lipinski definition) is 2. The highest BCUT2D eigenvalue weighted by molar-refractivity contribution is 8.01. The summed E-state index contributed by atoms with van der Waals surface area (Å²) in [7, 11) is 0. The number of rotatable bonds is 11. The molecule has 2 N–H and O–H groups in total. The summed E-state index contributed by atoms with van der Waals surface area (Å²) in [6, 6.07) is 0. The van der Waals surface area contributed by atoms with Gasteiger partial charge in [-0.25, -0.2) is 9.78 Å². The number of aliphatic hydroxyl groups is 1. The number of thiazole rings is 1. The maximum atomic E-state index is 12.2. The highest BCUT2D eigenvalue weighted by Gasteiger charge is 2.32. The molecule has 0 aromatic carbocycles. The molecule has 1 aromatic rings. The van der Waals surface area contributed by atoms with Gasteiger partial charge in [-0.1, -0.05) is 30.0 Å². The highest BCUT2D eigenvalue weighted by atomic mass is 32.2. The number of aromatic carboxylic acids is 1. The molecule has 1 fully saturated rings. The number of allylic oxidation sites excluding steroid dienone is 2. The van der Waals surface area contributed by atoms with Crippen LogP contribution in [0.4, 0.5) is 0 Å². The Labute approximate surface area is 168 Å². The van der Waals surface area contributed by atoms with Crippen LogP contribution in [-0.4, -0.2) is 38.3 Å². The normalized spacial score (nSPS) is 22.2. The predicted octanol–water partition coefficient (Wildman–Crippen LogP) is 4.58. The van der Waals surface area contributed by atoms with Crippen LogP contribution in [0.3, 0.4) is 0 Å². The van der Waals surface area contributed by atoms with Gasteiger partial charge in [0, 0.05) is 23.5 Å². The first kappa shape index (κ1) is 21.9. The SMILES string of the molecule is C=CCC[C@](C)(O)CC=C[C@H]1CCC(=O)[C@@H]1CCSc1nc(C(=O)O)cs1. The molecule has 0 amide bonds. The van der Waals surface area contributed by atoms with Gasteiger partial charge < -0.3 is 10.2 Å². The molecule has 1 aromatic heterocycles. The van der Waals surface area contributed by atoms with Gasteiger partial charge in [0.2, 0.25) is 0 Å². The van der Waals surface area contributed by atoms with E-state index in [9.17, 15) is 14.7 Å². The van der Waals surface area contributed by atoms with Crippen molar-refractivity contribution in [2.24, 2.45) is 11.8 Å². The first-order chi connectivity index (χ1) is 12.8. The van der Waals surface area contributed by atoms with Crippen molar-refractivity contribution in [1.82, 2.24) is 4.98 Å². The lowest BCUT2D eigenvalue weighted by Gasteiger charge is -2.21. The van der Waals surface area contributed by atoms with E-state index in [0.717, 1.165) is 29.4 Å². The van der Waals surface area contributed by atoms with E-state index in [0.29, 0.717) is 25.0 Å². The minimum Gasteiger partial charge on any atom is -0.476 e. The zero-order valence-corrected chi connectivity index (χ0v) is 17.2. The van der Waals surface area contributed by atoms with Crippen LogP contribution in [0.25, 0.3) is 0 Å². The number of ketones is 1. The Kier molecular flexibility index (Phi) is 8.26. The van der Waals surface area contributed by atoms with Gasteiger partial charge in [0.05, 0.1) is 5.60 Å². The molecule has 0 unspecified atom stereocenters. The smallest absolute Gasteiger partial charge is 0.355 e. The van der Waals surface area contributed by atoms with Crippen molar-refractivity contribution in [2.45, 2.75) is 55.4 Å². The number of aromatic nitrogens is 1. The first-order valence-electron chi connectivity index (χ1n) is 9.16. The standard InChI is InChI=1S/C20H27NO4S2/c1-3-4-10-20(2,25)11-5-6-14-7-8-17(22)15(14)9-12-26-19-21-16(13-27-19)18(23)24/h3,5-6,13-15,25H,1,4,7-12H2,2H3,(H,23,24)/t14-,15+,20-/m0/s1. The molecule has 1 aliphatic carbocycles. The van der Waals surface area contributed by atoms with E-state index in [1.54, 1.807) is 0 Å². The summed E-state index contributed by atoms with van der Waals surface area (Å²) in [5.74, 6) is 0.252. The second-order valence-electron chi connectivity index (χ2n) is 7.17. The largest absolute Gasteiger partial charge is 0.476 e. The van der Waals surface area contributed by atoms with E-state index in [1.165, 1.54) is 28.5 Å². The summed E-state index contributed by atoms with van der Waals surface area (Å²) < 4.78 is 0.725. The summed E-state index contributed by atoms with van der Waals surface area (Å²) in [4.78, 5) is 27.2. The number of carboxylic acid groups (broad SMARTS) is 1. The number of nitrogens with zero attached hydrogens (tertiary/aromatic N) is 1. The molecule has 0 radical (unpaired) electrons. The monoisotopic (exact) mass is 409 g/mol. The van der Waals surface area contributed by atoms with Gasteiger partial charge in [-0.3, -0.25) is 4.79 Å². The lowest BCUT2D eigenvalue weighted by Crippen LogP contribution is -2.22. The molecule has 0 aliphatic heterocycles. The molecule has 1 heterocycles. The molecule has 2 rings (SSSR count). The number of hydrogen-bond acceptors (Lipinski definition) is 6. The van der Waals surface area contributed by atoms with Crippen LogP contribution in [-0.2, 0) is 4.79 Å². The van der Waals surface area contributed by atoms with E-state index in [1.807, 2.05) is 19.1 Å². The predicted molar refractivity (Wildman–Crippen MR) is 109 cm³/mol. The third-order valence-corrected chi connectivity index (χ3v) is 6.89. The van der Waals surface area contributed by atoms with Gasteiger partial charge in [-0.05, 0) is 44.9 Å². The van der Waals surface area contributed by atoms with Gasteiger partial charge >= 0.3 is 5.97 Å². The van der Waals surface area contributed by atoms with Crippen molar-refractivity contribution in [3.63, 3.8) is 0 Å². The van der Waals surface area contributed by atoms with Crippen LogP contribution in [0, 0.1) is 11.8 Å². The van der Waals surface area contributed by atoms with Gasteiger partial charge in [0.15, 0.2) is 10.0 Å². The second-order valence-corrected chi connectivity index (χ2v) is 9.37. The molecule has 1 aliphatic rings. The van der Waals surface area contributed by atoms with Gasteiger partial charge in [-0.15, -0.1) is 17.9 Å². The van der Waals surface area contributed by atoms with Crippen molar-refractivity contribution in [3.8, 4) is 0 Å². The summed E-state index contributed by atoms with van der Waals surface area (Å²) in [5.41, 5.74) is -0.672. The maximum absolute atomic E-state index is 12.2. The fraction of sp³-hybridized carbons (Fsp3) is 0.550. The molecular weight excluding hydrogens is 382 g/mol. The molecule has 27 heavy (non-hydrogen) atoms. The summed E-state index contributed by atoms with van der Waals surface area (Å²) >= 11 is 2.83. The van der Waals surface area contributed by atoms with Crippen LogP contribution in [0.15, 0.2) is 34.5 Å². The fourth-order valence-electron chi connectivity index (χ4n) is 3.25. The summed E-state index contributed by atoms with van der Waals surface area (Å²) in [5, 5.41) is 20.8. The molecule has 0 spiro atoms. The highest BCUT2D eigenvalue weighted by Crippen LogP contribution is 2.35. The molecule has 0 saturated heterocycles. The molecule has 5 nitrogen and oxygen atoms in total. The molecule has 3 atom stereocenters. The number of thioether (sulfide) groups is 1. The van der Waals surface area contributed by atoms with Crippen molar-refractivity contribution >= 4 is 34.9 Å². The van der Waals surface area contributed by atoms with Crippen molar-refractivity contribution in [1.29, 1.82) is 0 Å². The minimum absolute atomic E-state index is 0.00535. The summed E-state index contributed by atoms with van der Waals surface area (Å²) in [6.45, 7) is 5.51. The Morgan fingerprint density at radius 1 is 1.56 bits per heavy atom. The maximum Gasteiger partial charge on any atom is 0.355 e. The average Bonchev–Trinajstić information content (AvgIpc) is 3.22. The van der Waals surface area contributed by atoms with Crippen LogP contribution in [0.5, 0.6) is 0 Å². The Hall–Kier alpha value is -1.44. The van der Waals surface area contributed by atoms with Crippen molar-refractivity contribution < 1.29 is 19.8 Å². The van der Waals surface area contributed by atoms with Crippen LogP contribution >= 0.6 is 23.1 Å². The van der Waals surface area contributed by atoms with Crippen molar-refractivity contribution in [3.05, 3.63) is 35.9 Å². The average molecular weight is 410 g/mol. The third kappa shape index (κ3) is 6.90. The minimum atomic E-state index is -1.02. The van der Waals surface area contributed by atoms with E-state index in [2.05, 4.69) is 17.6 Å². The zero-order chi connectivity index (χ0) is 19.9. The zero-order valence-electron chi connectivity index (χ0n) is 15.6. The molecule has 7 heteroatoms. The van der Waals surface area contributed by atoms with E-state index in [4.69, 9.17) is 5.11 Å². The van der Waals surface area contributed by atoms with Gasteiger partial charge in [0.1, 0.15) is 5.78 Å². The summed E-state index contributed by atoms with van der Waals surface area (Å²) in [6.07, 6.45) is 10.2. The van der Waals surface area contributed by atoms with E-state index < -0.39 is 11.6 Å². The molecule has 1 saturated carbocycles. The van der Waals surface area contributed by atoms with E-state index >= 15 is 0 Å². The lowest BCUT2D eigenvalue weighted by atomic mass is 9.90. The van der Waals surface area contributed by atoms with Gasteiger partial charge in [-0.2, -0.15) is 0 Å². The quantitative estimate of drug-likeness (QED) is 0.411. The van der Waals surface area contributed by atoms with Gasteiger partial charge in [0.25, 0.3) is 0 Å². The lowest BCUT2D eigenvalue weighted by molar-refractivity contribution is -0.121. The Morgan fingerprint density at radius 2 is 2.33 bits per heavy atom. The Bertz CT molecular complexity index is 696. The number of carbonyl (C=O) groups excluding carboxylic acids is 1. The van der Waals surface area contributed by atoms with Crippen LogP contribution in [0.2, 0.25) is 0 Å². The van der Waals surface area contributed by atoms with Crippen LogP contribution in [0.1, 0.15) is 55.9 Å². The number of carbonyl (C=O) groups is 2. The fourth-order valence-corrected chi connectivity index (χ4v) is 5.14. The number of Topliss-reactive ketones (excluding diaryl/α,β-unsaturated/α-hetero) is 1. The Balaban J connectivity index is 1.83. The molecule has 0 bridgehead atoms. The Morgan fingerprint density at radius 3 is 3.00 bits per heavy atom. The number of carboxylic acids is 1.